The minimum atomic E-state index is -0.877. The van der Waals surface area contributed by atoms with E-state index in [2.05, 4.69) is 5.32 Å². The molecule has 0 bridgehead atoms. The summed E-state index contributed by atoms with van der Waals surface area (Å²) in [6.45, 7) is 5.13. The van der Waals surface area contributed by atoms with Gasteiger partial charge in [-0.2, -0.15) is 0 Å². The molecule has 84 valence electrons. The third-order valence-corrected chi connectivity index (χ3v) is 1.82. The van der Waals surface area contributed by atoms with E-state index in [1.54, 1.807) is 7.11 Å². The summed E-state index contributed by atoms with van der Waals surface area (Å²) in [5.41, 5.74) is 0. The number of carbonyl (C=O) groups excluding carboxylic acids is 1. The number of carbonyl (C=O) groups is 1. The van der Waals surface area contributed by atoms with Crippen LogP contribution in [-0.4, -0.2) is 37.4 Å². The average molecular weight is 203 g/mol. The van der Waals surface area contributed by atoms with Crippen molar-refractivity contribution in [2.45, 2.75) is 32.8 Å². The Balaban J connectivity index is 3.52. The van der Waals surface area contributed by atoms with E-state index < -0.39 is 6.10 Å². The maximum Gasteiger partial charge on any atom is 0.248 e. The van der Waals surface area contributed by atoms with Gasteiger partial charge < -0.3 is 15.2 Å². The highest BCUT2D eigenvalue weighted by molar-refractivity contribution is 5.80. The lowest BCUT2D eigenvalue weighted by Crippen LogP contribution is -2.36. The maximum atomic E-state index is 11.2. The summed E-state index contributed by atoms with van der Waals surface area (Å²) in [6.07, 6.45) is 0.407. The van der Waals surface area contributed by atoms with Crippen LogP contribution >= 0.6 is 0 Å². The highest BCUT2D eigenvalue weighted by Crippen LogP contribution is 2.03. The van der Waals surface area contributed by atoms with E-state index in [0.29, 0.717) is 25.5 Å². The lowest BCUT2D eigenvalue weighted by molar-refractivity contribution is -0.130. The summed E-state index contributed by atoms with van der Waals surface area (Å²) in [5, 5.41) is 12.1. The van der Waals surface area contributed by atoms with Crippen molar-refractivity contribution in [1.29, 1.82) is 0 Å². The van der Waals surface area contributed by atoms with Crippen molar-refractivity contribution in [3.63, 3.8) is 0 Å². The van der Waals surface area contributed by atoms with E-state index in [0.717, 1.165) is 6.42 Å². The Bertz CT molecular complexity index is 159. The molecule has 0 saturated heterocycles. The second kappa shape index (κ2) is 7.76. The number of amides is 1. The average Bonchev–Trinajstić information content (AvgIpc) is 2.11. The van der Waals surface area contributed by atoms with E-state index in [9.17, 15) is 9.90 Å². The number of nitrogens with one attached hydrogen (secondary N) is 1. The number of hydrogen-bond acceptors (Lipinski definition) is 3. The largest absolute Gasteiger partial charge is 0.385 e. The van der Waals surface area contributed by atoms with Crippen molar-refractivity contribution in [2.24, 2.45) is 5.92 Å². The monoisotopic (exact) mass is 203 g/mol. The standard InChI is InChI=1S/C10H21NO3/c1-8(2)7-9(12)10(13)11-5-4-6-14-3/h8-9,12H,4-7H2,1-3H3,(H,11,13)/t9-/m0/s1. The van der Waals surface area contributed by atoms with Gasteiger partial charge in [-0.25, -0.2) is 0 Å². The molecular formula is C10H21NO3. The molecule has 0 unspecified atom stereocenters. The van der Waals surface area contributed by atoms with E-state index in [-0.39, 0.29) is 5.91 Å². The zero-order chi connectivity index (χ0) is 11.0. The summed E-state index contributed by atoms with van der Waals surface area (Å²) in [4.78, 5) is 11.2. The summed E-state index contributed by atoms with van der Waals surface area (Å²) in [5.74, 6) is 0.0459. The van der Waals surface area contributed by atoms with Gasteiger partial charge in [0.1, 0.15) is 6.10 Å². The first-order chi connectivity index (χ1) is 6.57. The molecule has 0 rings (SSSR count). The fraction of sp³-hybridized carbons (Fsp3) is 0.900. The number of hydrogen-bond donors (Lipinski definition) is 2. The van der Waals surface area contributed by atoms with Crippen molar-refractivity contribution < 1.29 is 14.6 Å². The highest BCUT2D eigenvalue weighted by atomic mass is 16.5. The van der Waals surface area contributed by atoms with Gasteiger partial charge in [-0.05, 0) is 18.8 Å². The Kier molecular flexibility index (Phi) is 7.42. The molecule has 1 atom stereocenters. The van der Waals surface area contributed by atoms with E-state index in [1.807, 2.05) is 13.8 Å². The van der Waals surface area contributed by atoms with Crippen LogP contribution < -0.4 is 5.32 Å². The first-order valence-electron chi connectivity index (χ1n) is 5.02. The Labute approximate surface area is 85.6 Å². The molecule has 4 heteroatoms. The molecule has 0 spiro atoms. The fourth-order valence-corrected chi connectivity index (χ4v) is 1.10. The molecule has 2 N–H and O–H groups in total. The molecule has 0 aliphatic rings. The summed E-state index contributed by atoms with van der Waals surface area (Å²) in [6, 6.07) is 0. The predicted octanol–water partition coefficient (Wildman–Crippen LogP) is 0.546. The molecule has 0 heterocycles. The molecule has 14 heavy (non-hydrogen) atoms. The molecule has 0 aliphatic heterocycles. The van der Waals surface area contributed by atoms with Gasteiger partial charge in [0, 0.05) is 20.3 Å². The zero-order valence-corrected chi connectivity index (χ0v) is 9.25. The van der Waals surface area contributed by atoms with E-state index >= 15 is 0 Å². The molecule has 0 aliphatic carbocycles. The van der Waals surface area contributed by atoms with Crippen LogP contribution in [0.3, 0.4) is 0 Å². The number of ether oxygens (including phenoxy) is 1. The van der Waals surface area contributed by atoms with Crippen molar-refractivity contribution in [3.05, 3.63) is 0 Å². The van der Waals surface area contributed by atoms with Gasteiger partial charge in [0.2, 0.25) is 5.91 Å². The Morgan fingerprint density at radius 1 is 1.50 bits per heavy atom. The first-order valence-corrected chi connectivity index (χ1v) is 5.02. The molecule has 0 fully saturated rings. The summed E-state index contributed by atoms with van der Waals surface area (Å²) >= 11 is 0. The third-order valence-electron chi connectivity index (χ3n) is 1.82. The molecule has 1 amide bonds. The molecule has 0 aromatic rings. The van der Waals surface area contributed by atoms with Gasteiger partial charge in [0.25, 0.3) is 0 Å². The normalized spacial score (nSPS) is 12.9. The number of rotatable bonds is 7. The molecule has 0 saturated carbocycles. The predicted molar refractivity (Wildman–Crippen MR) is 55.0 cm³/mol. The molecule has 0 aromatic heterocycles. The van der Waals surface area contributed by atoms with Crippen LogP contribution in [0.15, 0.2) is 0 Å². The van der Waals surface area contributed by atoms with Crippen molar-refractivity contribution >= 4 is 5.91 Å². The minimum Gasteiger partial charge on any atom is -0.385 e. The van der Waals surface area contributed by atoms with Crippen molar-refractivity contribution in [1.82, 2.24) is 5.32 Å². The Morgan fingerprint density at radius 3 is 2.64 bits per heavy atom. The molecule has 4 nitrogen and oxygen atoms in total. The Hall–Kier alpha value is -0.610. The third kappa shape index (κ3) is 6.86. The van der Waals surface area contributed by atoms with Crippen LogP contribution in [0, 0.1) is 5.92 Å². The fourth-order valence-electron chi connectivity index (χ4n) is 1.10. The van der Waals surface area contributed by atoms with Crippen LogP contribution in [0.4, 0.5) is 0 Å². The Morgan fingerprint density at radius 2 is 2.14 bits per heavy atom. The molecule has 0 aromatic carbocycles. The van der Waals surface area contributed by atoms with Crippen LogP contribution in [0.2, 0.25) is 0 Å². The van der Waals surface area contributed by atoms with Crippen LogP contribution in [0.25, 0.3) is 0 Å². The lowest BCUT2D eigenvalue weighted by Gasteiger charge is -2.12. The van der Waals surface area contributed by atoms with E-state index in [4.69, 9.17) is 4.74 Å². The number of aliphatic hydroxyl groups is 1. The van der Waals surface area contributed by atoms with Gasteiger partial charge in [0.05, 0.1) is 0 Å². The summed E-state index contributed by atoms with van der Waals surface area (Å²) in [7, 11) is 1.62. The van der Waals surface area contributed by atoms with Gasteiger partial charge in [-0.15, -0.1) is 0 Å². The number of aliphatic hydroxyl groups excluding tert-OH is 1. The first kappa shape index (κ1) is 13.4. The van der Waals surface area contributed by atoms with Crippen LogP contribution in [0.5, 0.6) is 0 Å². The lowest BCUT2D eigenvalue weighted by atomic mass is 10.1. The zero-order valence-electron chi connectivity index (χ0n) is 9.25. The van der Waals surface area contributed by atoms with Crippen molar-refractivity contribution in [2.75, 3.05) is 20.3 Å². The van der Waals surface area contributed by atoms with Crippen LogP contribution in [-0.2, 0) is 9.53 Å². The van der Waals surface area contributed by atoms with Gasteiger partial charge in [-0.3, -0.25) is 4.79 Å². The second-order valence-corrected chi connectivity index (χ2v) is 3.78. The van der Waals surface area contributed by atoms with Gasteiger partial charge >= 0.3 is 0 Å². The van der Waals surface area contributed by atoms with Crippen LogP contribution in [0.1, 0.15) is 26.7 Å². The van der Waals surface area contributed by atoms with E-state index in [1.165, 1.54) is 0 Å². The smallest absolute Gasteiger partial charge is 0.248 e. The van der Waals surface area contributed by atoms with Gasteiger partial charge in [-0.1, -0.05) is 13.8 Å². The minimum absolute atomic E-state index is 0.283. The molecular weight excluding hydrogens is 182 g/mol. The molecule has 0 radical (unpaired) electrons. The summed E-state index contributed by atoms with van der Waals surface area (Å²) < 4.78 is 4.83. The number of methoxy groups -OCH3 is 1. The van der Waals surface area contributed by atoms with Gasteiger partial charge in [0.15, 0.2) is 0 Å². The topological polar surface area (TPSA) is 58.6 Å². The second-order valence-electron chi connectivity index (χ2n) is 3.78. The highest BCUT2D eigenvalue weighted by Gasteiger charge is 2.15. The van der Waals surface area contributed by atoms with Crippen molar-refractivity contribution in [3.8, 4) is 0 Å². The maximum absolute atomic E-state index is 11.2. The SMILES string of the molecule is COCCCNC(=O)[C@@H](O)CC(C)C. The quantitative estimate of drug-likeness (QED) is 0.594.